The molecule has 0 fully saturated rings. The van der Waals surface area contributed by atoms with Crippen molar-refractivity contribution in [2.24, 2.45) is 0 Å². The minimum Gasteiger partial charge on any atom is -0.307 e. The summed E-state index contributed by atoms with van der Waals surface area (Å²) >= 11 is 0. The van der Waals surface area contributed by atoms with Gasteiger partial charge in [-0.1, -0.05) is 84.9 Å². The molecule has 176 valence electrons. The monoisotopic (exact) mass is 474 g/mol. The van der Waals surface area contributed by atoms with E-state index in [0.717, 1.165) is 16.8 Å². The number of fused-ring (bicyclic) bond motifs is 4. The summed E-state index contributed by atoms with van der Waals surface area (Å²) in [6, 6.07) is 31.1. The number of nitro groups is 1. The van der Waals surface area contributed by atoms with Gasteiger partial charge in [-0.15, -0.1) is 0 Å². The van der Waals surface area contributed by atoms with Gasteiger partial charge in [0.1, 0.15) is 5.41 Å². The number of carbonyl (C=O) groups is 2. The van der Waals surface area contributed by atoms with Crippen molar-refractivity contribution in [1.29, 1.82) is 0 Å². The highest BCUT2D eigenvalue weighted by molar-refractivity contribution is 6.15. The Bertz CT molecular complexity index is 1530. The van der Waals surface area contributed by atoms with Gasteiger partial charge in [-0.2, -0.15) is 0 Å². The van der Waals surface area contributed by atoms with Crippen LogP contribution in [0.1, 0.15) is 45.0 Å². The summed E-state index contributed by atoms with van der Waals surface area (Å²) in [6.45, 7) is 0.385. The first-order chi connectivity index (χ1) is 17.5. The number of ketones is 1. The van der Waals surface area contributed by atoms with E-state index >= 15 is 0 Å². The molecule has 4 aromatic carbocycles. The molecule has 6 heteroatoms. The summed E-state index contributed by atoms with van der Waals surface area (Å²) in [5.74, 6) is -0.780. The van der Waals surface area contributed by atoms with Crippen molar-refractivity contribution in [2.75, 3.05) is 4.90 Å². The van der Waals surface area contributed by atoms with Crippen molar-refractivity contribution < 1.29 is 14.5 Å². The molecule has 2 atom stereocenters. The number of carbonyl (C=O) groups excluding carboxylic acids is 2. The highest BCUT2D eigenvalue weighted by Gasteiger charge is 2.60. The summed E-state index contributed by atoms with van der Waals surface area (Å²) in [5, 5.41) is 11.6. The van der Waals surface area contributed by atoms with Gasteiger partial charge >= 0.3 is 0 Å². The van der Waals surface area contributed by atoms with Crippen LogP contribution in [-0.4, -0.2) is 16.6 Å². The van der Waals surface area contributed by atoms with E-state index in [2.05, 4.69) is 0 Å². The molecule has 0 unspecified atom stereocenters. The van der Waals surface area contributed by atoms with Crippen LogP contribution in [0, 0.1) is 10.1 Å². The molecule has 1 aliphatic heterocycles. The molecule has 0 saturated carbocycles. The molecule has 0 aromatic heterocycles. The van der Waals surface area contributed by atoms with Gasteiger partial charge in [-0.3, -0.25) is 19.7 Å². The number of hydrogen-bond acceptors (Lipinski definition) is 4. The molecule has 6 rings (SSSR count). The standard InChI is InChI=1S/C30H22N2O4/c33-28-18-26(21-11-8-12-22(17-21)32(35)36)30(24-14-5-4-13-23(24)28)25-15-6-7-16-27(25)31(29(30)34)19-20-9-2-1-3-10-20/h1-17,26H,18-19H2/t26-,30-/m0/s1. The van der Waals surface area contributed by atoms with Gasteiger partial charge < -0.3 is 4.90 Å². The number of hydrogen-bond donors (Lipinski definition) is 0. The van der Waals surface area contributed by atoms with E-state index in [9.17, 15) is 19.7 Å². The van der Waals surface area contributed by atoms with Crippen LogP contribution in [0.25, 0.3) is 0 Å². The van der Waals surface area contributed by atoms with Gasteiger partial charge in [0.25, 0.3) is 5.69 Å². The van der Waals surface area contributed by atoms with Crippen LogP contribution < -0.4 is 4.90 Å². The summed E-state index contributed by atoms with van der Waals surface area (Å²) in [6.07, 6.45) is 0.0808. The first-order valence-electron chi connectivity index (χ1n) is 11.8. The van der Waals surface area contributed by atoms with E-state index in [1.807, 2.05) is 72.8 Å². The molecule has 1 spiro atoms. The van der Waals surface area contributed by atoms with Gasteiger partial charge in [0.05, 0.1) is 11.5 Å². The number of non-ortho nitro benzene ring substituents is 1. The Balaban J connectivity index is 1.63. The zero-order chi connectivity index (χ0) is 24.9. The van der Waals surface area contributed by atoms with E-state index < -0.39 is 16.3 Å². The van der Waals surface area contributed by atoms with Crippen molar-refractivity contribution >= 4 is 23.1 Å². The van der Waals surface area contributed by atoms with Crippen molar-refractivity contribution in [3.63, 3.8) is 0 Å². The molecular formula is C30H22N2O4. The van der Waals surface area contributed by atoms with Crippen LogP contribution >= 0.6 is 0 Å². The fourth-order valence-corrected chi connectivity index (χ4v) is 5.93. The number of anilines is 1. The minimum atomic E-state index is -1.18. The first-order valence-corrected chi connectivity index (χ1v) is 11.8. The van der Waals surface area contributed by atoms with Gasteiger partial charge in [0.2, 0.25) is 5.91 Å². The summed E-state index contributed by atoms with van der Waals surface area (Å²) in [5.41, 5.74) is 3.17. The number of nitro benzene ring substituents is 1. The second-order valence-corrected chi connectivity index (χ2v) is 9.28. The molecule has 1 heterocycles. The first kappa shape index (κ1) is 21.9. The summed E-state index contributed by atoms with van der Waals surface area (Å²) in [7, 11) is 0. The lowest BCUT2D eigenvalue weighted by atomic mass is 9.58. The molecule has 0 bridgehead atoms. The molecule has 0 radical (unpaired) electrons. The van der Waals surface area contributed by atoms with E-state index in [0.29, 0.717) is 23.2 Å². The van der Waals surface area contributed by atoms with Crippen LogP contribution in [0.3, 0.4) is 0 Å². The fourth-order valence-electron chi connectivity index (χ4n) is 5.93. The third-order valence-electron chi connectivity index (χ3n) is 7.43. The Hall–Kier alpha value is -4.58. The average Bonchev–Trinajstić information content (AvgIpc) is 3.15. The number of benzene rings is 4. The molecule has 6 nitrogen and oxygen atoms in total. The van der Waals surface area contributed by atoms with Gasteiger partial charge in [0, 0.05) is 35.7 Å². The quantitative estimate of drug-likeness (QED) is 0.277. The maximum absolute atomic E-state index is 14.7. The Labute approximate surface area is 208 Å². The molecule has 1 aliphatic carbocycles. The highest BCUT2D eigenvalue weighted by Crippen LogP contribution is 2.58. The van der Waals surface area contributed by atoms with E-state index in [-0.39, 0.29) is 23.8 Å². The number of para-hydroxylation sites is 1. The van der Waals surface area contributed by atoms with Crippen LogP contribution in [0.15, 0.2) is 103 Å². The summed E-state index contributed by atoms with van der Waals surface area (Å²) in [4.78, 5) is 41.0. The largest absolute Gasteiger partial charge is 0.307 e. The van der Waals surface area contributed by atoms with Crippen LogP contribution in [-0.2, 0) is 16.8 Å². The fraction of sp³-hybridized carbons (Fsp3) is 0.133. The van der Waals surface area contributed by atoms with Crippen LogP contribution in [0.5, 0.6) is 0 Å². The van der Waals surface area contributed by atoms with Crippen molar-refractivity contribution in [2.45, 2.75) is 24.3 Å². The Morgan fingerprint density at radius 2 is 1.53 bits per heavy atom. The topological polar surface area (TPSA) is 80.5 Å². The van der Waals surface area contributed by atoms with Gasteiger partial charge in [0.15, 0.2) is 5.78 Å². The maximum atomic E-state index is 14.7. The lowest BCUT2D eigenvalue weighted by Crippen LogP contribution is -2.49. The molecule has 36 heavy (non-hydrogen) atoms. The van der Waals surface area contributed by atoms with Crippen LogP contribution in [0.2, 0.25) is 0 Å². The maximum Gasteiger partial charge on any atom is 0.269 e. The number of Topliss-reactive ketones (excluding diaryl/α,β-unsaturated/α-hetero) is 1. The molecule has 2 aliphatic rings. The minimum absolute atomic E-state index is 0.0613. The molecule has 1 amide bonds. The Morgan fingerprint density at radius 3 is 2.31 bits per heavy atom. The van der Waals surface area contributed by atoms with Gasteiger partial charge in [-0.05, 0) is 28.3 Å². The predicted octanol–water partition coefficient (Wildman–Crippen LogP) is 5.80. The lowest BCUT2D eigenvalue weighted by Gasteiger charge is -2.41. The molecular weight excluding hydrogens is 452 g/mol. The Kier molecular flexibility index (Phi) is 5.04. The van der Waals surface area contributed by atoms with Crippen molar-refractivity contribution in [1.82, 2.24) is 0 Å². The second-order valence-electron chi connectivity index (χ2n) is 9.28. The molecule has 0 saturated heterocycles. The average molecular weight is 475 g/mol. The van der Waals surface area contributed by atoms with E-state index in [1.165, 1.54) is 12.1 Å². The summed E-state index contributed by atoms with van der Waals surface area (Å²) < 4.78 is 0. The smallest absolute Gasteiger partial charge is 0.269 e. The lowest BCUT2D eigenvalue weighted by molar-refractivity contribution is -0.384. The molecule has 0 N–H and O–H groups in total. The SMILES string of the molecule is O=C1C[C@@H](c2cccc([N+](=O)[O-])c2)[C@]2(C(=O)N(Cc3ccccc3)c3ccccc32)c2ccccc21. The van der Waals surface area contributed by atoms with Crippen molar-refractivity contribution in [3.05, 3.63) is 141 Å². The zero-order valence-electron chi connectivity index (χ0n) is 19.3. The van der Waals surface area contributed by atoms with Crippen molar-refractivity contribution in [3.8, 4) is 0 Å². The van der Waals surface area contributed by atoms with Crippen LogP contribution in [0.4, 0.5) is 11.4 Å². The molecule has 4 aromatic rings. The van der Waals surface area contributed by atoms with E-state index in [4.69, 9.17) is 0 Å². The third-order valence-corrected chi connectivity index (χ3v) is 7.43. The zero-order valence-corrected chi connectivity index (χ0v) is 19.3. The number of amides is 1. The normalized spacial score (nSPS) is 20.3. The second kappa shape index (κ2) is 8.27. The Morgan fingerprint density at radius 1 is 0.833 bits per heavy atom. The predicted molar refractivity (Wildman–Crippen MR) is 136 cm³/mol. The number of rotatable bonds is 4. The highest BCUT2D eigenvalue weighted by atomic mass is 16.6. The number of nitrogens with zero attached hydrogens (tertiary/aromatic N) is 2. The van der Waals surface area contributed by atoms with E-state index in [1.54, 1.807) is 23.1 Å². The van der Waals surface area contributed by atoms with Gasteiger partial charge in [-0.25, -0.2) is 0 Å². The third kappa shape index (κ3) is 3.11.